The topological polar surface area (TPSA) is 113 Å². The first-order valence-electron chi connectivity index (χ1n) is 8.36. The van der Waals surface area contributed by atoms with E-state index in [1.165, 1.54) is 13.1 Å². The molecule has 0 unspecified atom stereocenters. The Morgan fingerprint density at radius 1 is 1.21 bits per heavy atom. The van der Waals surface area contributed by atoms with Gasteiger partial charge in [0.2, 0.25) is 0 Å². The first kappa shape index (κ1) is 18.7. The molecule has 0 fully saturated rings. The molecule has 3 aromatic rings. The van der Waals surface area contributed by atoms with Gasteiger partial charge in [-0.05, 0) is 43.2 Å². The van der Waals surface area contributed by atoms with Crippen LogP contribution in [-0.4, -0.2) is 26.9 Å². The van der Waals surface area contributed by atoms with Crippen molar-refractivity contribution in [1.82, 2.24) is 20.2 Å². The van der Waals surface area contributed by atoms with Gasteiger partial charge in [-0.25, -0.2) is 5.43 Å². The average molecular weight is 372 g/mol. The maximum absolute atomic E-state index is 12.7. The van der Waals surface area contributed by atoms with Crippen LogP contribution in [0.4, 0.5) is 0 Å². The highest BCUT2D eigenvalue weighted by atomic mass is 16.2. The lowest BCUT2D eigenvalue weighted by atomic mass is 10.1. The summed E-state index contributed by atoms with van der Waals surface area (Å²) in [5, 5.41) is 17.5. The number of amides is 1. The van der Waals surface area contributed by atoms with Gasteiger partial charge in [0.1, 0.15) is 11.6 Å². The van der Waals surface area contributed by atoms with Gasteiger partial charge in [-0.3, -0.25) is 14.6 Å². The zero-order valence-corrected chi connectivity index (χ0v) is 15.2. The molecule has 138 valence electrons. The van der Waals surface area contributed by atoms with Crippen LogP contribution >= 0.6 is 0 Å². The van der Waals surface area contributed by atoms with Crippen LogP contribution in [0.2, 0.25) is 0 Å². The molecule has 0 saturated carbocycles. The Labute approximate surface area is 160 Å². The van der Waals surface area contributed by atoms with Gasteiger partial charge >= 0.3 is 0 Å². The van der Waals surface area contributed by atoms with Crippen molar-refractivity contribution in [2.75, 3.05) is 0 Å². The number of aromatic nitrogens is 3. The molecule has 1 amide bonds. The summed E-state index contributed by atoms with van der Waals surface area (Å²) in [6, 6.07) is 12.4. The van der Waals surface area contributed by atoms with Crippen LogP contribution in [0.15, 0.2) is 58.7 Å². The van der Waals surface area contributed by atoms with Gasteiger partial charge in [-0.2, -0.15) is 20.1 Å². The fourth-order valence-electron chi connectivity index (χ4n) is 2.58. The molecular formula is C20H16N6O2. The third-order valence-electron chi connectivity index (χ3n) is 4.09. The molecule has 0 aliphatic heterocycles. The molecule has 0 spiro atoms. The number of hydrazone groups is 1. The maximum atomic E-state index is 12.7. The summed E-state index contributed by atoms with van der Waals surface area (Å²) in [5.74, 6) is -0.623. The fraction of sp³-hybridized carbons (Fsp3) is 0.100. The third kappa shape index (κ3) is 3.68. The van der Waals surface area contributed by atoms with Crippen molar-refractivity contribution < 1.29 is 4.79 Å². The largest absolute Gasteiger partial charge is 0.292 e. The molecule has 2 aromatic heterocycles. The minimum atomic E-state index is -0.623. The summed E-state index contributed by atoms with van der Waals surface area (Å²) in [4.78, 5) is 29.1. The van der Waals surface area contributed by atoms with Crippen LogP contribution in [0.1, 0.15) is 32.7 Å². The van der Waals surface area contributed by atoms with E-state index in [0.717, 1.165) is 15.8 Å². The molecule has 1 N–H and O–H groups in total. The lowest BCUT2D eigenvalue weighted by Crippen LogP contribution is -2.31. The Bertz CT molecular complexity index is 1160. The maximum Gasteiger partial charge on any atom is 0.292 e. The van der Waals surface area contributed by atoms with E-state index >= 15 is 0 Å². The second-order valence-electron chi connectivity index (χ2n) is 5.94. The van der Waals surface area contributed by atoms with E-state index in [2.05, 4.69) is 20.6 Å². The molecule has 8 heteroatoms. The summed E-state index contributed by atoms with van der Waals surface area (Å²) in [5.41, 5.74) is 3.85. The van der Waals surface area contributed by atoms with Crippen molar-refractivity contribution >= 4 is 12.1 Å². The Morgan fingerprint density at radius 2 is 1.93 bits per heavy atom. The molecule has 0 aliphatic carbocycles. The van der Waals surface area contributed by atoms with Crippen molar-refractivity contribution in [3.8, 4) is 11.8 Å². The van der Waals surface area contributed by atoms with Crippen molar-refractivity contribution in [3.63, 3.8) is 0 Å². The van der Waals surface area contributed by atoms with Gasteiger partial charge in [0.25, 0.3) is 11.5 Å². The standard InChI is InChI=1S/C20H16N6O2/c1-13-5-3-4-6-17(13)26-20(28)16(11-21)14(2)18(25-26)19(27)24-23-12-15-7-9-22-10-8-15/h3-10,12H,1-2H3,(H,24,27)/b23-12+. The Hall–Kier alpha value is -4.12. The van der Waals surface area contributed by atoms with Crippen LogP contribution in [0.25, 0.3) is 5.69 Å². The molecule has 0 radical (unpaired) electrons. The average Bonchev–Trinajstić information content (AvgIpc) is 2.70. The highest BCUT2D eigenvalue weighted by molar-refractivity contribution is 5.94. The SMILES string of the molecule is Cc1ccccc1-n1nc(C(=O)N/N=C/c2ccncc2)c(C)c(C#N)c1=O. The van der Waals surface area contributed by atoms with Crippen LogP contribution in [0, 0.1) is 25.2 Å². The predicted octanol–water partition coefficient (Wildman–Crippen LogP) is 1.88. The van der Waals surface area contributed by atoms with Crippen molar-refractivity contribution in [3.05, 3.63) is 87.1 Å². The van der Waals surface area contributed by atoms with E-state index in [0.29, 0.717) is 5.69 Å². The molecule has 1 aromatic carbocycles. The molecular weight excluding hydrogens is 356 g/mol. The van der Waals surface area contributed by atoms with Crippen molar-refractivity contribution in [1.29, 1.82) is 5.26 Å². The van der Waals surface area contributed by atoms with Gasteiger partial charge in [-0.15, -0.1) is 0 Å². The zero-order chi connectivity index (χ0) is 20.1. The number of carbonyl (C=O) groups is 1. The lowest BCUT2D eigenvalue weighted by molar-refractivity contribution is 0.0947. The van der Waals surface area contributed by atoms with E-state index in [1.807, 2.05) is 25.1 Å². The van der Waals surface area contributed by atoms with Gasteiger partial charge in [0.05, 0.1) is 11.9 Å². The number of nitrogens with one attached hydrogen (secondary N) is 1. The second-order valence-corrected chi connectivity index (χ2v) is 5.94. The number of aryl methyl sites for hydroxylation is 1. The molecule has 0 bridgehead atoms. The van der Waals surface area contributed by atoms with Crippen LogP contribution in [0.5, 0.6) is 0 Å². The van der Waals surface area contributed by atoms with Gasteiger partial charge in [0, 0.05) is 18.0 Å². The number of hydrogen-bond donors (Lipinski definition) is 1. The summed E-state index contributed by atoms with van der Waals surface area (Å²) in [6.45, 7) is 3.32. The van der Waals surface area contributed by atoms with Gasteiger partial charge in [-0.1, -0.05) is 18.2 Å². The smallest absolute Gasteiger partial charge is 0.266 e. The highest BCUT2D eigenvalue weighted by Gasteiger charge is 2.20. The van der Waals surface area contributed by atoms with Crippen LogP contribution in [-0.2, 0) is 0 Å². The van der Waals surface area contributed by atoms with Crippen molar-refractivity contribution in [2.24, 2.45) is 5.10 Å². The Kier molecular flexibility index (Phi) is 5.37. The van der Waals surface area contributed by atoms with E-state index in [-0.39, 0.29) is 16.8 Å². The first-order valence-corrected chi connectivity index (χ1v) is 8.36. The number of hydrogen-bond acceptors (Lipinski definition) is 6. The summed E-state index contributed by atoms with van der Waals surface area (Å²) in [6.07, 6.45) is 4.66. The summed E-state index contributed by atoms with van der Waals surface area (Å²) >= 11 is 0. The Balaban J connectivity index is 2.01. The van der Waals surface area contributed by atoms with E-state index < -0.39 is 11.5 Å². The van der Waals surface area contributed by atoms with E-state index in [1.54, 1.807) is 36.7 Å². The number of carbonyl (C=O) groups excluding carboxylic acids is 1. The molecule has 0 saturated heterocycles. The first-order chi connectivity index (χ1) is 13.5. The minimum absolute atomic E-state index is 0.0497. The monoisotopic (exact) mass is 372 g/mol. The van der Waals surface area contributed by atoms with E-state index in [9.17, 15) is 14.9 Å². The molecule has 3 rings (SSSR count). The van der Waals surface area contributed by atoms with Gasteiger partial charge in [0.15, 0.2) is 5.69 Å². The predicted molar refractivity (Wildman–Crippen MR) is 103 cm³/mol. The minimum Gasteiger partial charge on any atom is -0.266 e. The van der Waals surface area contributed by atoms with Crippen LogP contribution in [0.3, 0.4) is 0 Å². The van der Waals surface area contributed by atoms with Crippen LogP contribution < -0.4 is 11.0 Å². The second kappa shape index (κ2) is 8.05. The number of nitrogens with zero attached hydrogens (tertiary/aromatic N) is 5. The Morgan fingerprint density at radius 3 is 2.61 bits per heavy atom. The molecule has 2 heterocycles. The lowest BCUT2D eigenvalue weighted by Gasteiger charge is -2.12. The number of benzene rings is 1. The third-order valence-corrected chi connectivity index (χ3v) is 4.09. The molecule has 0 aliphatic rings. The zero-order valence-electron chi connectivity index (χ0n) is 15.2. The highest BCUT2D eigenvalue weighted by Crippen LogP contribution is 2.13. The molecule has 8 nitrogen and oxygen atoms in total. The number of para-hydroxylation sites is 1. The number of nitriles is 1. The van der Waals surface area contributed by atoms with Gasteiger partial charge < -0.3 is 0 Å². The quantitative estimate of drug-likeness (QED) is 0.555. The summed E-state index contributed by atoms with van der Waals surface area (Å²) in [7, 11) is 0. The fourth-order valence-corrected chi connectivity index (χ4v) is 2.58. The number of pyridine rings is 1. The molecule has 28 heavy (non-hydrogen) atoms. The van der Waals surface area contributed by atoms with Crippen molar-refractivity contribution in [2.45, 2.75) is 13.8 Å². The number of rotatable bonds is 4. The van der Waals surface area contributed by atoms with E-state index in [4.69, 9.17) is 0 Å². The normalized spacial score (nSPS) is 10.6. The summed E-state index contributed by atoms with van der Waals surface area (Å²) < 4.78 is 1.07. The molecule has 0 atom stereocenters.